The summed E-state index contributed by atoms with van der Waals surface area (Å²) in [7, 11) is 0. The first kappa shape index (κ1) is 21.4. The molecule has 3 aromatic carbocycles. The molecule has 0 aliphatic rings. The molecule has 0 atom stereocenters. The molecule has 0 aliphatic heterocycles. The third kappa shape index (κ3) is 4.32. The van der Waals surface area contributed by atoms with Crippen molar-refractivity contribution >= 4 is 28.6 Å². The van der Waals surface area contributed by atoms with Crippen LogP contribution >= 0.6 is 0 Å². The first-order valence-corrected chi connectivity index (χ1v) is 10.3. The van der Waals surface area contributed by atoms with Crippen molar-refractivity contribution in [1.29, 1.82) is 10.5 Å². The van der Waals surface area contributed by atoms with Crippen molar-refractivity contribution < 1.29 is 9.90 Å². The van der Waals surface area contributed by atoms with Crippen LogP contribution in [0, 0.1) is 29.6 Å². The molecule has 6 nitrogen and oxygen atoms in total. The quantitative estimate of drug-likeness (QED) is 0.260. The predicted octanol–water partition coefficient (Wildman–Crippen LogP) is 5.12. The average molecular weight is 432 g/mol. The number of benzene rings is 3. The maximum Gasteiger partial charge on any atom is 0.266 e. The Hall–Kier alpha value is -4.81. The first-order chi connectivity index (χ1) is 16.0. The standard InChI is InChI=1S/C27H20N4O2/c1-18-25(14-21(16-29)27(33)30-22-10-12-23(32)13-11-22)24-8-4-5-9-26(24)31(18)17-20-7-3-2-6-19(20)15-28/h2-14,32H,17H2,1H3,(H,30,33)/b21-14-. The number of carbonyl (C=O) groups is 1. The van der Waals surface area contributed by atoms with Gasteiger partial charge in [-0.2, -0.15) is 10.5 Å². The van der Waals surface area contributed by atoms with Crippen LogP contribution in [-0.2, 0) is 11.3 Å². The fourth-order valence-corrected chi connectivity index (χ4v) is 3.82. The molecule has 1 aromatic heterocycles. The van der Waals surface area contributed by atoms with Gasteiger partial charge in [0.1, 0.15) is 17.4 Å². The first-order valence-electron chi connectivity index (χ1n) is 10.3. The van der Waals surface area contributed by atoms with E-state index in [0.29, 0.717) is 17.8 Å². The molecule has 0 radical (unpaired) electrons. The summed E-state index contributed by atoms with van der Waals surface area (Å²) in [6, 6.07) is 25.5. The zero-order chi connectivity index (χ0) is 23.4. The van der Waals surface area contributed by atoms with Gasteiger partial charge in [-0.25, -0.2) is 0 Å². The van der Waals surface area contributed by atoms with Crippen molar-refractivity contribution in [2.45, 2.75) is 13.5 Å². The minimum absolute atomic E-state index is 0.0356. The molecule has 0 unspecified atom stereocenters. The number of nitriles is 2. The molecule has 4 aromatic rings. The van der Waals surface area contributed by atoms with Crippen LogP contribution in [-0.4, -0.2) is 15.6 Å². The van der Waals surface area contributed by atoms with Crippen LogP contribution in [0.4, 0.5) is 5.69 Å². The molecule has 0 fully saturated rings. The fraction of sp³-hybridized carbons (Fsp3) is 0.0741. The molecular formula is C27H20N4O2. The van der Waals surface area contributed by atoms with E-state index in [2.05, 4.69) is 16.0 Å². The summed E-state index contributed by atoms with van der Waals surface area (Å²) in [6.07, 6.45) is 1.60. The molecule has 160 valence electrons. The summed E-state index contributed by atoms with van der Waals surface area (Å²) in [6.45, 7) is 2.43. The van der Waals surface area contributed by atoms with Crippen LogP contribution in [0.15, 0.2) is 78.4 Å². The summed E-state index contributed by atoms with van der Waals surface area (Å²) in [4.78, 5) is 12.8. The van der Waals surface area contributed by atoms with Gasteiger partial charge < -0.3 is 15.0 Å². The number of phenolic OH excluding ortho intramolecular Hbond substituents is 1. The van der Waals surface area contributed by atoms with E-state index in [0.717, 1.165) is 27.7 Å². The number of para-hydroxylation sites is 1. The summed E-state index contributed by atoms with van der Waals surface area (Å²) < 4.78 is 2.09. The summed E-state index contributed by atoms with van der Waals surface area (Å²) in [5.41, 5.74) is 4.55. The monoisotopic (exact) mass is 432 g/mol. The van der Waals surface area contributed by atoms with E-state index in [-0.39, 0.29) is 11.3 Å². The highest BCUT2D eigenvalue weighted by Gasteiger charge is 2.17. The smallest absolute Gasteiger partial charge is 0.266 e. The Morgan fingerprint density at radius 1 is 1.03 bits per heavy atom. The van der Waals surface area contributed by atoms with Crippen LogP contribution in [0.3, 0.4) is 0 Å². The molecule has 2 N–H and O–H groups in total. The molecule has 33 heavy (non-hydrogen) atoms. The van der Waals surface area contributed by atoms with Crippen LogP contribution in [0.2, 0.25) is 0 Å². The van der Waals surface area contributed by atoms with Gasteiger partial charge in [0, 0.05) is 34.4 Å². The van der Waals surface area contributed by atoms with Crippen LogP contribution in [0.5, 0.6) is 5.75 Å². The lowest BCUT2D eigenvalue weighted by molar-refractivity contribution is -0.112. The Labute approximate surface area is 191 Å². The second-order valence-electron chi connectivity index (χ2n) is 7.54. The largest absolute Gasteiger partial charge is 0.508 e. The number of nitrogens with zero attached hydrogens (tertiary/aromatic N) is 3. The number of carbonyl (C=O) groups excluding carboxylic acids is 1. The zero-order valence-electron chi connectivity index (χ0n) is 17.9. The summed E-state index contributed by atoms with van der Waals surface area (Å²) >= 11 is 0. The van der Waals surface area contributed by atoms with E-state index in [1.54, 1.807) is 24.3 Å². The van der Waals surface area contributed by atoms with Crippen molar-refractivity contribution in [2.24, 2.45) is 0 Å². The highest BCUT2D eigenvalue weighted by atomic mass is 16.3. The lowest BCUT2D eigenvalue weighted by atomic mass is 10.1. The molecular weight excluding hydrogens is 412 g/mol. The van der Waals surface area contributed by atoms with Gasteiger partial charge in [-0.1, -0.05) is 36.4 Å². The highest BCUT2D eigenvalue weighted by Crippen LogP contribution is 2.29. The molecule has 0 saturated heterocycles. The van der Waals surface area contributed by atoms with Crippen LogP contribution < -0.4 is 5.32 Å². The Bertz CT molecular complexity index is 1470. The molecule has 1 heterocycles. The van der Waals surface area contributed by atoms with Gasteiger partial charge in [0.15, 0.2) is 0 Å². The number of nitrogens with one attached hydrogen (secondary N) is 1. The van der Waals surface area contributed by atoms with Gasteiger partial charge >= 0.3 is 0 Å². The van der Waals surface area contributed by atoms with Crippen molar-refractivity contribution in [3.05, 3.63) is 101 Å². The number of anilines is 1. The third-order valence-corrected chi connectivity index (χ3v) is 5.52. The van der Waals surface area contributed by atoms with Gasteiger partial charge in [-0.15, -0.1) is 0 Å². The molecule has 0 aliphatic carbocycles. The van der Waals surface area contributed by atoms with Crippen molar-refractivity contribution in [3.8, 4) is 17.9 Å². The number of hydrogen-bond acceptors (Lipinski definition) is 4. The van der Waals surface area contributed by atoms with Crippen molar-refractivity contribution in [1.82, 2.24) is 4.57 Å². The minimum Gasteiger partial charge on any atom is -0.508 e. The van der Waals surface area contributed by atoms with Crippen LogP contribution in [0.1, 0.15) is 22.4 Å². The highest BCUT2D eigenvalue weighted by molar-refractivity contribution is 6.11. The van der Waals surface area contributed by atoms with Gasteiger partial charge in [0.05, 0.1) is 11.6 Å². The number of hydrogen-bond donors (Lipinski definition) is 2. The van der Waals surface area contributed by atoms with E-state index in [9.17, 15) is 20.4 Å². The molecule has 4 rings (SSSR count). The molecule has 0 saturated carbocycles. The topological polar surface area (TPSA) is 102 Å². The molecule has 6 heteroatoms. The van der Waals surface area contributed by atoms with E-state index in [4.69, 9.17) is 0 Å². The number of aromatic nitrogens is 1. The molecule has 0 spiro atoms. The Kier molecular flexibility index (Phi) is 5.93. The van der Waals surface area contributed by atoms with E-state index >= 15 is 0 Å². The number of phenols is 1. The Morgan fingerprint density at radius 3 is 2.45 bits per heavy atom. The van der Waals surface area contributed by atoms with Crippen molar-refractivity contribution in [2.75, 3.05) is 5.32 Å². The Balaban J connectivity index is 1.76. The van der Waals surface area contributed by atoms with Gasteiger partial charge in [0.25, 0.3) is 5.91 Å². The van der Waals surface area contributed by atoms with E-state index in [1.807, 2.05) is 55.5 Å². The second-order valence-corrected chi connectivity index (χ2v) is 7.54. The maximum atomic E-state index is 12.8. The van der Waals surface area contributed by atoms with Gasteiger partial charge in [0.2, 0.25) is 0 Å². The normalized spacial score (nSPS) is 11.1. The number of amides is 1. The Morgan fingerprint density at radius 2 is 1.73 bits per heavy atom. The third-order valence-electron chi connectivity index (χ3n) is 5.52. The van der Waals surface area contributed by atoms with Crippen molar-refractivity contribution in [3.63, 3.8) is 0 Å². The zero-order valence-corrected chi connectivity index (χ0v) is 17.9. The van der Waals surface area contributed by atoms with Gasteiger partial charge in [-0.05, 0) is 55.0 Å². The number of rotatable bonds is 5. The van der Waals surface area contributed by atoms with Crippen LogP contribution in [0.25, 0.3) is 17.0 Å². The SMILES string of the molecule is Cc1c(/C=C(/C#N)C(=O)Nc2ccc(O)cc2)c2ccccc2n1Cc1ccccc1C#N. The predicted molar refractivity (Wildman–Crippen MR) is 127 cm³/mol. The number of aromatic hydroxyl groups is 1. The summed E-state index contributed by atoms with van der Waals surface area (Å²) in [5, 5.41) is 32.2. The second kappa shape index (κ2) is 9.13. The summed E-state index contributed by atoms with van der Waals surface area (Å²) in [5.74, 6) is -0.445. The molecule has 1 amide bonds. The molecule has 0 bridgehead atoms. The van der Waals surface area contributed by atoms with E-state index < -0.39 is 5.91 Å². The lowest BCUT2D eigenvalue weighted by Crippen LogP contribution is -2.13. The van der Waals surface area contributed by atoms with E-state index in [1.165, 1.54) is 12.1 Å². The number of fused-ring (bicyclic) bond motifs is 1. The van der Waals surface area contributed by atoms with Gasteiger partial charge in [-0.3, -0.25) is 4.79 Å². The average Bonchev–Trinajstić information content (AvgIpc) is 3.10. The fourth-order valence-electron chi connectivity index (χ4n) is 3.82. The minimum atomic E-state index is -0.533. The maximum absolute atomic E-state index is 12.8. The lowest BCUT2D eigenvalue weighted by Gasteiger charge is -2.10.